The van der Waals surface area contributed by atoms with E-state index in [9.17, 15) is 9.59 Å². The van der Waals surface area contributed by atoms with Gasteiger partial charge >= 0.3 is 0 Å². The minimum absolute atomic E-state index is 0.0487. The number of amides is 2. The van der Waals surface area contributed by atoms with Crippen molar-refractivity contribution in [1.82, 2.24) is 10.2 Å². The number of nitrogens with one attached hydrogen (secondary N) is 1. The van der Waals surface area contributed by atoms with Crippen molar-refractivity contribution in [3.63, 3.8) is 0 Å². The molecule has 0 spiro atoms. The largest absolute Gasteiger partial charge is 0.454 e. The Labute approximate surface area is 238 Å². The molecule has 204 valence electrons. The van der Waals surface area contributed by atoms with Crippen LogP contribution in [0.2, 0.25) is 0 Å². The van der Waals surface area contributed by atoms with E-state index in [1.807, 2.05) is 72.8 Å². The van der Waals surface area contributed by atoms with E-state index in [-0.39, 0.29) is 31.1 Å². The molecule has 0 bridgehead atoms. The van der Waals surface area contributed by atoms with Crippen molar-refractivity contribution in [3.8, 4) is 11.5 Å². The van der Waals surface area contributed by atoms with Gasteiger partial charge in [-0.1, -0.05) is 83.7 Å². The molecule has 0 radical (unpaired) electrons. The molecule has 1 atom stereocenters. The number of carbonyl (C=O) groups excluding carboxylic acids is 2. The van der Waals surface area contributed by atoms with Gasteiger partial charge in [0.05, 0.1) is 0 Å². The molecular weight excluding hydrogens is 556 g/mol. The van der Waals surface area contributed by atoms with E-state index in [0.29, 0.717) is 25.1 Å². The van der Waals surface area contributed by atoms with Crippen LogP contribution in [-0.2, 0) is 29.0 Å². The summed E-state index contributed by atoms with van der Waals surface area (Å²) in [5.74, 6) is 1.31. The summed E-state index contributed by atoms with van der Waals surface area (Å²) in [6, 6.07) is 23.3. The van der Waals surface area contributed by atoms with Crippen LogP contribution in [0.1, 0.15) is 55.2 Å². The van der Waals surface area contributed by atoms with Gasteiger partial charge < -0.3 is 19.7 Å². The predicted molar refractivity (Wildman–Crippen MR) is 155 cm³/mol. The Balaban J connectivity index is 1.40. The zero-order valence-corrected chi connectivity index (χ0v) is 23.7. The molecule has 5 rings (SSSR count). The highest BCUT2D eigenvalue weighted by Crippen LogP contribution is 2.33. The number of hydrogen-bond donors (Lipinski definition) is 1. The number of carbonyl (C=O) groups is 2. The highest BCUT2D eigenvalue weighted by Gasteiger charge is 2.32. The fourth-order valence-corrected chi connectivity index (χ4v) is 5.87. The minimum atomic E-state index is -0.613. The van der Waals surface area contributed by atoms with Crippen molar-refractivity contribution in [2.45, 2.75) is 70.0 Å². The summed E-state index contributed by atoms with van der Waals surface area (Å²) in [5, 5.41) is 3.30. The zero-order valence-electron chi connectivity index (χ0n) is 22.1. The van der Waals surface area contributed by atoms with E-state index < -0.39 is 6.04 Å². The first-order chi connectivity index (χ1) is 19.0. The van der Waals surface area contributed by atoms with Crippen LogP contribution in [0, 0.1) is 0 Å². The molecule has 2 amide bonds. The third-order valence-corrected chi connectivity index (χ3v) is 8.02. The molecule has 1 aliphatic heterocycles. The molecule has 39 heavy (non-hydrogen) atoms. The van der Waals surface area contributed by atoms with Crippen LogP contribution in [0.25, 0.3) is 0 Å². The lowest BCUT2D eigenvalue weighted by molar-refractivity contribution is -0.141. The molecule has 3 aromatic carbocycles. The van der Waals surface area contributed by atoms with Crippen LogP contribution in [0.15, 0.2) is 77.3 Å². The maximum Gasteiger partial charge on any atom is 0.243 e. The first-order valence-corrected chi connectivity index (χ1v) is 14.6. The molecule has 7 heteroatoms. The molecule has 3 aromatic rings. The number of aryl methyl sites for hydroxylation is 1. The summed E-state index contributed by atoms with van der Waals surface area (Å²) in [7, 11) is 0. The van der Waals surface area contributed by atoms with Gasteiger partial charge in [-0.3, -0.25) is 9.59 Å². The molecule has 0 unspecified atom stereocenters. The topological polar surface area (TPSA) is 67.9 Å². The monoisotopic (exact) mass is 590 g/mol. The van der Waals surface area contributed by atoms with Gasteiger partial charge in [-0.2, -0.15) is 0 Å². The van der Waals surface area contributed by atoms with Crippen molar-refractivity contribution < 1.29 is 19.1 Å². The van der Waals surface area contributed by atoms with Gasteiger partial charge in [0.2, 0.25) is 18.6 Å². The number of halogens is 1. The van der Waals surface area contributed by atoms with Crippen LogP contribution in [0.5, 0.6) is 11.5 Å². The fraction of sp³-hybridized carbons (Fsp3) is 0.375. The molecule has 2 aliphatic rings. The average Bonchev–Trinajstić information content (AvgIpc) is 3.43. The Bertz CT molecular complexity index is 1280. The quantitative estimate of drug-likeness (QED) is 0.305. The smallest absolute Gasteiger partial charge is 0.243 e. The maximum absolute atomic E-state index is 13.9. The van der Waals surface area contributed by atoms with Gasteiger partial charge in [-0.25, -0.2) is 0 Å². The van der Waals surface area contributed by atoms with E-state index in [0.717, 1.165) is 52.6 Å². The second kappa shape index (κ2) is 13.2. The van der Waals surface area contributed by atoms with Crippen LogP contribution >= 0.6 is 15.9 Å². The molecule has 1 saturated carbocycles. The van der Waals surface area contributed by atoms with Crippen LogP contribution < -0.4 is 14.8 Å². The number of nitrogens with zero attached hydrogens (tertiary/aromatic N) is 1. The second-order valence-corrected chi connectivity index (χ2v) is 11.3. The molecule has 1 fully saturated rings. The van der Waals surface area contributed by atoms with Gasteiger partial charge in [0.25, 0.3) is 0 Å². The summed E-state index contributed by atoms with van der Waals surface area (Å²) < 4.78 is 11.9. The Morgan fingerprint density at radius 1 is 0.872 bits per heavy atom. The van der Waals surface area contributed by atoms with Crippen molar-refractivity contribution in [3.05, 3.63) is 94.0 Å². The summed E-state index contributed by atoms with van der Waals surface area (Å²) in [5.41, 5.74) is 3.01. The molecular formula is C32H35BrN2O4. The highest BCUT2D eigenvalue weighted by atomic mass is 79.9. The predicted octanol–water partition coefficient (Wildman–Crippen LogP) is 6.20. The van der Waals surface area contributed by atoms with Gasteiger partial charge in [-0.15, -0.1) is 0 Å². The van der Waals surface area contributed by atoms with Crippen molar-refractivity contribution in [1.29, 1.82) is 0 Å². The third kappa shape index (κ3) is 7.41. The first kappa shape index (κ1) is 27.3. The fourth-order valence-electron chi connectivity index (χ4n) is 5.42. The van der Waals surface area contributed by atoms with Gasteiger partial charge in [0.15, 0.2) is 11.5 Å². The van der Waals surface area contributed by atoms with Gasteiger partial charge in [0, 0.05) is 29.9 Å². The summed E-state index contributed by atoms with van der Waals surface area (Å²) in [6.07, 6.45) is 6.76. The number of ether oxygens (including phenoxy) is 2. The summed E-state index contributed by atoms with van der Waals surface area (Å²) >= 11 is 3.56. The Morgan fingerprint density at radius 3 is 2.44 bits per heavy atom. The van der Waals surface area contributed by atoms with E-state index in [1.54, 1.807) is 4.90 Å². The lowest BCUT2D eigenvalue weighted by atomic mass is 9.94. The molecule has 1 N–H and O–H groups in total. The van der Waals surface area contributed by atoms with E-state index in [4.69, 9.17) is 9.47 Å². The Morgan fingerprint density at radius 2 is 1.64 bits per heavy atom. The van der Waals surface area contributed by atoms with Crippen LogP contribution in [0.4, 0.5) is 0 Å². The van der Waals surface area contributed by atoms with E-state index in [1.165, 1.54) is 6.42 Å². The second-order valence-electron chi connectivity index (χ2n) is 10.4. The van der Waals surface area contributed by atoms with E-state index >= 15 is 0 Å². The van der Waals surface area contributed by atoms with Crippen molar-refractivity contribution >= 4 is 27.7 Å². The molecule has 6 nitrogen and oxygen atoms in total. The lowest BCUT2D eigenvalue weighted by Crippen LogP contribution is -2.52. The maximum atomic E-state index is 13.9. The van der Waals surface area contributed by atoms with Crippen LogP contribution in [-0.4, -0.2) is 35.6 Å². The number of rotatable bonds is 10. The first-order valence-electron chi connectivity index (χ1n) is 13.8. The molecule has 0 saturated heterocycles. The third-order valence-electron chi connectivity index (χ3n) is 7.53. The number of hydrogen-bond acceptors (Lipinski definition) is 4. The lowest BCUT2D eigenvalue weighted by Gasteiger charge is -2.33. The Kier molecular flexibility index (Phi) is 9.19. The summed E-state index contributed by atoms with van der Waals surface area (Å²) in [6.45, 7) is 0.574. The Hall–Kier alpha value is -3.32. The zero-order chi connectivity index (χ0) is 27.0. The molecule has 1 aliphatic carbocycles. The van der Waals surface area contributed by atoms with Crippen molar-refractivity contribution in [2.24, 2.45) is 0 Å². The molecule has 1 heterocycles. The van der Waals surface area contributed by atoms with Crippen molar-refractivity contribution in [2.75, 3.05) is 6.79 Å². The van der Waals surface area contributed by atoms with Crippen LogP contribution in [0.3, 0.4) is 0 Å². The normalized spacial score (nSPS) is 15.5. The van der Waals surface area contributed by atoms with Gasteiger partial charge in [-0.05, 0) is 60.2 Å². The highest BCUT2D eigenvalue weighted by molar-refractivity contribution is 9.10. The summed E-state index contributed by atoms with van der Waals surface area (Å²) in [4.78, 5) is 29.6. The van der Waals surface area contributed by atoms with E-state index in [2.05, 4.69) is 21.2 Å². The number of fused-ring (bicyclic) bond motifs is 1. The average molecular weight is 592 g/mol. The minimum Gasteiger partial charge on any atom is -0.454 e. The standard InChI is InChI=1S/C32H35BrN2O4/c33-26-11-7-10-25(18-26)21-35(31(36)17-15-24-14-16-29-30(20-24)39-22-38-29)28(19-23-8-3-1-4-9-23)32(37)34-27-12-5-2-6-13-27/h1,3-4,7-11,14,16,18,20,27-28H,2,5-6,12-13,15,17,19,21-22H2,(H,34,37)/t28-/m0/s1. The number of benzene rings is 3. The van der Waals surface area contributed by atoms with Gasteiger partial charge in [0.1, 0.15) is 6.04 Å². The molecule has 0 aromatic heterocycles. The SMILES string of the molecule is O=C(NC1CCCCC1)[C@H](Cc1ccccc1)N(Cc1cccc(Br)c1)C(=O)CCc1ccc2c(c1)OCO2.